The van der Waals surface area contributed by atoms with E-state index in [2.05, 4.69) is 15.6 Å². The number of rotatable bonds is 7. The standard InChI is InChI=1S/C19H23Cl2N3O3.HI/c1-22-19(23-10-12-5-6-14(20)8-15(12)21)24-11-13-7-17(26-3)18(27-4)9-16(13)25-2;/h5-9H,10-11H2,1-4H3,(H2,22,23,24);1H. The van der Waals surface area contributed by atoms with E-state index in [1.54, 1.807) is 46.6 Å². The molecule has 0 aromatic heterocycles. The predicted octanol–water partition coefficient (Wildman–Crippen LogP) is 4.50. The molecule has 0 fully saturated rings. The minimum atomic E-state index is 0. The Morgan fingerprint density at radius 2 is 1.43 bits per heavy atom. The molecular weight excluding hydrogens is 516 g/mol. The zero-order valence-corrected chi connectivity index (χ0v) is 20.0. The van der Waals surface area contributed by atoms with Crippen molar-refractivity contribution in [2.24, 2.45) is 4.99 Å². The zero-order chi connectivity index (χ0) is 19.8. The predicted molar refractivity (Wildman–Crippen MR) is 125 cm³/mol. The van der Waals surface area contributed by atoms with E-state index in [1.807, 2.05) is 12.1 Å². The first kappa shape index (κ1) is 24.5. The number of hydrogen-bond acceptors (Lipinski definition) is 4. The van der Waals surface area contributed by atoms with Crippen LogP contribution in [0, 0.1) is 0 Å². The number of ether oxygens (including phenoxy) is 3. The lowest BCUT2D eigenvalue weighted by molar-refractivity contribution is 0.347. The van der Waals surface area contributed by atoms with Crippen LogP contribution in [0.5, 0.6) is 17.2 Å². The number of methoxy groups -OCH3 is 3. The van der Waals surface area contributed by atoms with E-state index in [4.69, 9.17) is 37.4 Å². The van der Waals surface area contributed by atoms with Crippen LogP contribution in [0.1, 0.15) is 11.1 Å². The number of aliphatic imine (C=N–C) groups is 1. The molecule has 2 rings (SSSR count). The monoisotopic (exact) mass is 539 g/mol. The smallest absolute Gasteiger partial charge is 0.191 e. The van der Waals surface area contributed by atoms with Gasteiger partial charge in [0.1, 0.15) is 5.75 Å². The number of halogens is 3. The molecule has 0 spiro atoms. The summed E-state index contributed by atoms with van der Waals surface area (Å²) in [6, 6.07) is 9.05. The number of nitrogens with one attached hydrogen (secondary N) is 2. The highest BCUT2D eigenvalue weighted by Gasteiger charge is 2.12. The van der Waals surface area contributed by atoms with E-state index in [-0.39, 0.29) is 24.0 Å². The molecule has 0 saturated heterocycles. The SMILES string of the molecule is CN=C(NCc1ccc(Cl)cc1Cl)NCc1cc(OC)c(OC)cc1OC.I. The number of guanidine groups is 1. The normalized spacial score (nSPS) is 10.7. The largest absolute Gasteiger partial charge is 0.496 e. The van der Waals surface area contributed by atoms with Gasteiger partial charge < -0.3 is 24.8 Å². The highest BCUT2D eigenvalue weighted by Crippen LogP contribution is 2.34. The molecule has 0 saturated carbocycles. The molecule has 0 bridgehead atoms. The molecule has 9 heteroatoms. The maximum atomic E-state index is 6.20. The molecule has 0 unspecified atom stereocenters. The Kier molecular flexibility index (Phi) is 10.6. The Labute approximate surface area is 192 Å². The Morgan fingerprint density at radius 3 is 1.96 bits per heavy atom. The van der Waals surface area contributed by atoms with Crippen molar-refractivity contribution in [3.8, 4) is 17.2 Å². The van der Waals surface area contributed by atoms with Crippen LogP contribution in [0.2, 0.25) is 10.0 Å². The Hall–Kier alpha value is -1.58. The molecule has 6 nitrogen and oxygen atoms in total. The quantitative estimate of drug-likeness (QED) is 0.308. The van der Waals surface area contributed by atoms with Gasteiger partial charge >= 0.3 is 0 Å². The Morgan fingerprint density at radius 1 is 0.857 bits per heavy atom. The maximum absolute atomic E-state index is 6.20. The minimum absolute atomic E-state index is 0. The molecule has 0 amide bonds. The molecule has 0 aliphatic rings. The molecular formula is C19H24Cl2IN3O3. The fraction of sp³-hybridized carbons (Fsp3) is 0.316. The van der Waals surface area contributed by atoms with Gasteiger partial charge in [-0.2, -0.15) is 0 Å². The third kappa shape index (κ3) is 6.49. The van der Waals surface area contributed by atoms with Crippen LogP contribution in [0.4, 0.5) is 0 Å². The van der Waals surface area contributed by atoms with Crippen LogP contribution in [-0.4, -0.2) is 34.3 Å². The average molecular weight is 540 g/mol. The van der Waals surface area contributed by atoms with Gasteiger partial charge in [0.15, 0.2) is 17.5 Å². The second-order valence-corrected chi connectivity index (χ2v) is 6.38. The molecule has 0 radical (unpaired) electrons. The summed E-state index contributed by atoms with van der Waals surface area (Å²) in [6.07, 6.45) is 0. The van der Waals surface area contributed by atoms with Gasteiger partial charge in [0.25, 0.3) is 0 Å². The Bertz CT molecular complexity index is 819. The molecule has 28 heavy (non-hydrogen) atoms. The van der Waals surface area contributed by atoms with Crippen LogP contribution in [0.3, 0.4) is 0 Å². The molecule has 0 heterocycles. The second kappa shape index (κ2) is 12.1. The summed E-state index contributed by atoms with van der Waals surface area (Å²) in [4.78, 5) is 4.23. The van der Waals surface area contributed by atoms with Gasteiger partial charge in [0.2, 0.25) is 0 Å². The number of benzene rings is 2. The van der Waals surface area contributed by atoms with Crippen molar-refractivity contribution in [1.29, 1.82) is 0 Å². The molecule has 2 aromatic rings. The molecule has 0 aliphatic heterocycles. The van der Waals surface area contributed by atoms with Gasteiger partial charge in [-0.05, 0) is 23.8 Å². The van der Waals surface area contributed by atoms with E-state index in [0.29, 0.717) is 46.3 Å². The summed E-state index contributed by atoms with van der Waals surface area (Å²) >= 11 is 12.1. The third-order valence-electron chi connectivity index (χ3n) is 3.92. The van der Waals surface area contributed by atoms with Crippen LogP contribution in [0.15, 0.2) is 35.3 Å². The highest BCUT2D eigenvalue weighted by atomic mass is 127. The van der Waals surface area contributed by atoms with Crippen molar-refractivity contribution in [3.63, 3.8) is 0 Å². The molecule has 2 N–H and O–H groups in total. The van der Waals surface area contributed by atoms with Crippen molar-refractivity contribution in [2.75, 3.05) is 28.4 Å². The van der Waals surface area contributed by atoms with Gasteiger partial charge in [-0.3, -0.25) is 4.99 Å². The minimum Gasteiger partial charge on any atom is -0.496 e. The summed E-state index contributed by atoms with van der Waals surface area (Å²) in [5.41, 5.74) is 1.83. The molecule has 0 aliphatic carbocycles. The van der Waals surface area contributed by atoms with Gasteiger partial charge in [-0.15, -0.1) is 24.0 Å². The second-order valence-electron chi connectivity index (χ2n) is 5.53. The average Bonchev–Trinajstić information content (AvgIpc) is 2.68. The number of nitrogens with zero attached hydrogens (tertiary/aromatic N) is 1. The van der Waals surface area contributed by atoms with Gasteiger partial charge in [-0.25, -0.2) is 0 Å². The van der Waals surface area contributed by atoms with Gasteiger partial charge in [0.05, 0.1) is 21.3 Å². The molecule has 154 valence electrons. The number of hydrogen-bond donors (Lipinski definition) is 2. The lowest BCUT2D eigenvalue weighted by Crippen LogP contribution is -2.36. The summed E-state index contributed by atoms with van der Waals surface area (Å²) < 4.78 is 16.1. The topological polar surface area (TPSA) is 64.1 Å². The fourth-order valence-corrected chi connectivity index (χ4v) is 2.95. The van der Waals surface area contributed by atoms with Crippen LogP contribution < -0.4 is 24.8 Å². The van der Waals surface area contributed by atoms with Crippen LogP contribution >= 0.6 is 47.2 Å². The lowest BCUT2D eigenvalue weighted by atomic mass is 10.1. The van der Waals surface area contributed by atoms with E-state index in [1.165, 1.54) is 0 Å². The van der Waals surface area contributed by atoms with Gasteiger partial charge in [-0.1, -0.05) is 29.3 Å². The van der Waals surface area contributed by atoms with Crippen molar-refractivity contribution < 1.29 is 14.2 Å². The first-order chi connectivity index (χ1) is 13.0. The maximum Gasteiger partial charge on any atom is 0.191 e. The lowest BCUT2D eigenvalue weighted by Gasteiger charge is -2.16. The summed E-state index contributed by atoms with van der Waals surface area (Å²) in [7, 11) is 6.49. The third-order valence-corrected chi connectivity index (χ3v) is 4.50. The van der Waals surface area contributed by atoms with Gasteiger partial charge in [0, 0.05) is 41.8 Å². The molecule has 2 aromatic carbocycles. The van der Waals surface area contributed by atoms with E-state index in [0.717, 1.165) is 11.1 Å². The fourth-order valence-electron chi connectivity index (χ4n) is 2.47. The summed E-state index contributed by atoms with van der Waals surface area (Å²) in [5, 5.41) is 7.67. The van der Waals surface area contributed by atoms with E-state index in [9.17, 15) is 0 Å². The summed E-state index contributed by atoms with van der Waals surface area (Å²) in [6.45, 7) is 0.996. The molecule has 0 atom stereocenters. The van der Waals surface area contributed by atoms with Crippen molar-refractivity contribution in [1.82, 2.24) is 10.6 Å². The van der Waals surface area contributed by atoms with E-state index < -0.39 is 0 Å². The Balaban J connectivity index is 0.00000392. The first-order valence-electron chi connectivity index (χ1n) is 8.19. The first-order valence-corrected chi connectivity index (χ1v) is 8.95. The van der Waals surface area contributed by atoms with Crippen LogP contribution in [0.25, 0.3) is 0 Å². The van der Waals surface area contributed by atoms with E-state index >= 15 is 0 Å². The van der Waals surface area contributed by atoms with Crippen molar-refractivity contribution in [2.45, 2.75) is 13.1 Å². The summed E-state index contributed by atoms with van der Waals surface area (Å²) in [5.74, 6) is 2.55. The van der Waals surface area contributed by atoms with Crippen LogP contribution in [-0.2, 0) is 13.1 Å². The zero-order valence-electron chi connectivity index (χ0n) is 16.1. The highest BCUT2D eigenvalue weighted by molar-refractivity contribution is 14.0. The van der Waals surface area contributed by atoms with Crippen molar-refractivity contribution in [3.05, 3.63) is 51.5 Å². The van der Waals surface area contributed by atoms with Crippen molar-refractivity contribution >= 4 is 53.1 Å².